The van der Waals surface area contributed by atoms with E-state index in [0.29, 0.717) is 22.0 Å². The average Bonchev–Trinajstić information content (AvgIpc) is 2.72. The van der Waals surface area contributed by atoms with Crippen molar-refractivity contribution in [3.8, 4) is 11.6 Å². The Labute approximate surface area is 174 Å². The SMILES string of the molecule is O=[N+]([O-])c1c(Nc2cccc(Cl)c2Cl)ncnc1Oc1cccc2cccnc12. The van der Waals surface area contributed by atoms with E-state index in [-0.39, 0.29) is 16.7 Å². The zero-order valence-electron chi connectivity index (χ0n) is 14.5. The number of halogens is 2. The topological polar surface area (TPSA) is 103 Å². The second-order valence-corrected chi connectivity index (χ2v) is 6.58. The van der Waals surface area contributed by atoms with Gasteiger partial charge in [-0.05, 0) is 24.3 Å². The minimum absolute atomic E-state index is 0.0858. The molecule has 0 radical (unpaired) electrons. The number of para-hydroxylation sites is 1. The smallest absolute Gasteiger partial charge is 0.373 e. The zero-order chi connectivity index (χ0) is 20.4. The van der Waals surface area contributed by atoms with Gasteiger partial charge in [0, 0.05) is 11.6 Å². The van der Waals surface area contributed by atoms with E-state index in [4.69, 9.17) is 27.9 Å². The summed E-state index contributed by atoms with van der Waals surface area (Å²) in [6, 6.07) is 13.8. The number of pyridine rings is 1. The van der Waals surface area contributed by atoms with Crippen molar-refractivity contribution in [3.05, 3.63) is 81.2 Å². The first-order valence-electron chi connectivity index (χ1n) is 8.26. The quantitative estimate of drug-likeness (QED) is 0.318. The fourth-order valence-corrected chi connectivity index (χ4v) is 3.03. The molecular weight excluding hydrogens is 417 g/mol. The number of nitro groups is 1. The first kappa shape index (κ1) is 18.9. The number of rotatable bonds is 5. The van der Waals surface area contributed by atoms with Crippen LogP contribution in [-0.4, -0.2) is 19.9 Å². The molecule has 0 fully saturated rings. The summed E-state index contributed by atoms with van der Waals surface area (Å²) in [6.07, 6.45) is 2.76. The number of benzene rings is 2. The molecule has 4 aromatic rings. The minimum atomic E-state index is -0.630. The number of aromatic nitrogens is 3. The molecule has 0 unspecified atom stereocenters. The van der Waals surface area contributed by atoms with Gasteiger partial charge in [-0.1, -0.05) is 47.5 Å². The summed E-state index contributed by atoms with van der Waals surface area (Å²) in [5, 5.41) is 15.9. The number of hydrogen-bond donors (Lipinski definition) is 1. The molecule has 10 heteroatoms. The Hall–Kier alpha value is -3.49. The van der Waals surface area contributed by atoms with E-state index in [1.54, 1.807) is 42.6 Å². The molecule has 0 aliphatic heterocycles. The van der Waals surface area contributed by atoms with Gasteiger partial charge in [0.2, 0.25) is 5.82 Å². The number of nitrogens with zero attached hydrogens (tertiary/aromatic N) is 4. The molecule has 0 atom stereocenters. The van der Waals surface area contributed by atoms with Crippen LogP contribution in [0.2, 0.25) is 10.0 Å². The highest BCUT2D eigenvalue weighted by Gasteiger charge is 2.26. The Balaban J connectivity index is 1.77. The lowest BCUT2D eigenvalue weighted by molar-refractivity contribution is -0.385. The Bertz CT molecular complexity index is 1230. The molecule has 4 rings (SSSR count). The third kappa shape index (κ3) is 3.75. The number of hydrogen-bond acceptors (Lipinski definition) is 7. The minimum Gasteiger partial charge on any atom is -0.431 e. The van der Waals surface area contributed by atoms with Crippen LogP contribution in [0.1, 0.15) is 0 Å². The lowest BCUT2D eigenvalue weighted by atomic mass is 10.2. The molecule has 0 saturated carbocycles. The molecule has 0 aliphatic carbocycles. The third-order valence-electron chi connectivity index (χ3n) is 3.98. The lowest BCUT2D eigenvalue weighted by Gasteiger charge is -2.11. The predicted molar refractivity (Wildman–Crippen MR) is 110 cm³/mol. The fourth-order valence-electron chi connectivity index (χ4n) is 2.68. The van der Waals surface area contributed by atoms with Crippen LogP contribution in [0.3, 0.4) is 0 Å². The summed E-state index contributed by atoms with van der Waals surface area (Å²) in [5.74, 6) is 0.0119. The fraction of sp³-hybridized carbons (Fsp3) is 0. The van der Waals surface area contributed by atoms with Gasteiger partial charge >= 0.3 is 11.6 Å². The van der Waals surface area contributed by atoms with Crippen molar-refractivity contribution >= 4 is 51.3 Å². The summed E-state index contributed by atoms with van der Waals surface area (Å²) in [6.45, 7) is 0. The zero-order valence-corrected chi connectivity index (χ0v) is 16.1. The van der Waals surface area contributed by atoms with Crippen molar-refractivity contribution in [3.63, 3.8) is 0 Å². The highest BCUT2D eigenvalue weighted by molar-refractivity contribution is 6.43. The Morgan fingerprint density at radius 2 is 1.79 bits per heavy atom. The predicted octanol–water partition coefficient (Wildman–Crippen LogP) is 5.78. The van der Waals surface area contributed by atoms with E-state index >= 15 is 0 Å². The molecule has 2 aromatic carbocycles. The second-order valence-electron chi connectivity index (χ2n) is 5.79. The summed E-state index contributed by atoms with van der Waals surface area (Å²) in [5.41, 5.74) is 0.463. The van der Waals surface area contributed by atoms with Crippen LogP contribution in [-0.2, 0) is 0 Å². The highest BCUT2D eigenvalue weighted by atomic mass is 35.5. The Morgan fingerprint density at radius 1 is 1.00 bits per heavy atom. The van der Waals surface area contributed by atoms with Crippen LogP contribution in [0.25, 0.3) is 10.9 Å². The summed E-state index contributed by atoms with van der Waals surface area (Å²) >= 11 is 12.2. The normalized spacial score (nSPS) is 10.7. The van der Waals surface area contributed by atoms with Gasteiger partial charge in [-0.15, -0.1) is 0 Å². The number of fused-ring (bicyclic) bond motifs is 1. The molecule has 0 bridgehead atoms. The van der Waals surface area contributed by atoms with E-state index < -0.39 is 10.6 Å². The van der Waals surface area contributed by atoms with Crippen LogP contribution in [0.15, 0.2) is 61.1 Å². The number of ether oxygens (including phenoxy) is 1. The van der Waals surface area contributed by atoms with Crippen LogP contribution < -0.4 is 10.1 Å². The van der Waals surface area contributed by atoms with E-state index in [9.17, 15) is 10.1 Å². The van der Waals surface area contributed by atoms with Gasteiger partial charge in [0.1, 0.15) is 11.8 Å². The highest BCUT2D eigenvalue weighted by Crippen LogP contribution is 2.39. The third-order valence-corrected chi connectivity index (χ3v) is 4.80. The molecule has 29 heavy (non-hydrogen) atoms. The standard InChI is InChI=1S/C19H11Cl2N5O3/c20-12-6-2-7-13(15(12)21)25-18-17(26(27)28)19(24-10-23-18)29-14-8-1-4-11-5-3-9-22-16(11)14/h1-10H,(H,23,24,25). The molecule has 144 valence electrons. The lowest BCUT2D eigenvalue weighted by Crippen LogP contribution is -2.04. The van der Waals surface area contributed by atoms with Crippen molar-refractivity contribution in [1.82, 2.24) is 15.0 Å². The van der Waals surface area contributed by atoms with Crippen LogP contribution in [0.4, 0.5) is 17.2 Å². The van der Waals surface area contributed by atoms with Gasteiger partial charge in [-0.25, -0.2) is 4.98 Å². The van der Waals surface area contributed by atoms with E-state index in [0.717, 1.165) is 11.7 Å². The average molecular weight is 428 g/mol. The van der Waals surface area contributed by atoms with Gasteiger partial charge in [-0.3, -0.25) is 15.1 Å². The van der Waals surface area contributed by atoms with Crippen LogP contribution in [0.5, 0.6) is 11.6 Å². The summed E-state index contributed by atoms with van der Waals surface area (Å²) < 4.78 is 5.76. The van der Waals surface area contributed by atoms with E-state index in [1.807, 2.05) is 12.1 Å². The number of nitrogens with one attached hydrogen (secondary N) is 1. The van der Waals surface area contributed by atoms with Crippen molar-refractivity contribution in [2.24, 2.45) is 0 Å². The van der Waals surface area contributed by atoms with Crippen molar-refractivity contribution in [2.45, 2.75) is 0 Å². The molecule has 8 nitrogen and oxygen atoms in total. The second kappa shape index (κ2) is 7.86. The molecule has 2 heterocycles. The molecule has 0 aliphatic rings. The summed E-state index contributed by atoms with van der Waals surface area (Å²) in [7, 11) is 0. The maximum atomic E-state index is 11.8. The molecule has 1 N–H and O–H groups in total. The van der Waals surface area contributed by atoms with Gasteiger partial charge < -0.3 is 10.1 Å². The van der Waals surface area contributed by atoms with Crippen LogP contribution >= 0.6 is 23.2 Å². The van der Waals surface area contributed by atoms with Gasteiger partial charge in [0.05, 0.1) is 20.7 Å². The van der Waals surface area contributed by atoms with Crippen LogP contribution in [0, 0.1) is 10.1 Å². The largest absolute Gasteiger partial charge is 0.431 e. The van der Waals surface area contributed by atoms with Gasteiger partial charge in [-0.2, -0.15) is 4.98 Å². The maximum absolute atomic E-state index is 11.8. The first-order valence-corrected chi connectivity index (χ1v) is 9.02. The Kier molecular flexibility index (Phi) is 5.11. The molecule has 0 saturated heterocycles. The summed E-state index contributed by atoms with van der Waals surface area (Å²) in [4.78, 5) is 23.3. The van der Waals surface area contributed by atoms with Gasteiger partial charge in [0.15, 0.2) is 5.75 Å². The molecule has 0 amide bonds. The van der Waals surface area contributed by atoms with Crippen molar-refractivity contribution in [2.75, 3.05) is 5.32 Å². The molecular formula is C19H11Cl2N5O3. The first-order chi connectivity index (χ1) is 14.0. The van der Waals surface area contributed by atoms with E-state index in [1.165, 1.54) is 0 Å². The number of anilines is 2. The van der Waals surface area contributed by atoms with Crippen molar-refractivity contribution in [1.29, 1.82) is 0 Å². The van der Waals surface area contributed by atoms with Gasteiger partial charge in [0.25, 0.3) is 0 Å². The Morgan fingerprint density at radius 3 is 2.62 bits per heavy atom. The maximum Gasteiger partial charge on any atom is 0.373 e. The van der Waals surface area contributed by atoms with Crippen molar-refractivity contribution < 1.29 is 9.66 Å². The van der Waals surface area contributed by atoms with E-state index in [2.05, 4.69) is 20.3 Å². The molecule has 0 spiro atoms. The molecule has 2 aromatic heterocycles. The monoisotopic (exact) mass is 427 g/mol.